The fraction of sp³-hybridized carbons (Fsp3) is 0.400. The number of benzene rings is 1. The highest BCUT2D eigenvalue weighted by molar-refractivity contribution is 5.40. The Bertz CT molecular complexity index is 350. The number of alkyl halides is 3. The standard InChI is InChI=1S/C10H11F3O3/c1-15-9-3-2-8(16-10(11,12)13)6-7(9)4-5-14/h2-3,6,14H,4-5H2,1H3. The highest BCUT2D eigenvalue weighted by Gasteiger charge is 2.31. The van der Waals surface area contributed by atoms with Crippen LogP contribution in [0.4, 0.5) is 13.2 Å². The molecule has 90 valence electrons. The van der Waals surface area contributed by atoms with Crippen molar-refractivity contribution >= 4 is 0 Å². The van der Waals surface area contributed by atoms with Gasteiger partial charge in [-0.3, -0.25) is 0 Å². The van der Waals surface area contributed by atoms with E-state index in [0.717, 1.165) is 6.07 Å². The van der Waals surface area contributed by atoms with E-state index in [1.165, 1.54) is 19.2 Å². The molecular formula is C10H11F3O3. The molecule has 0 saturated carbocycles. The second kappa shape index (κ2) is 5.07. The molecule has 1 rings (SSSR count). The predicted molar refractivity (Wildman–Crippen MR) is 50.5 cm³/mol. The number of methoxy groups -OCH3 is 1. The third-order valence-electron chi connectivity index (χ3n) is 1.87. The molecule has 0 atom stereocenters. The summed E-state index contributed by atoms with van der Waals surface area (Å²) < 4.78 is 44.5. The van der Waals surface area contributed by atoms with Crippen molar-refractivity contribution in [1.82, 2.24) is 0 Å². The normalized spacial score (nSPS) is 11.3. The molecule has 0 aromatic heterocycles. The molecule has 3 nitrogen and oxygen atoms in total. The van der Waals surface area contributed by atoms with Gasteiger partial charge in [0, 0.05) is 12.2 Å². The number of ether oxygens (including phenoxy) is 2. The van der Waals surface area contributed by atoms with Crippen LogP contribution in [0.5, 0.6) is 11.5 Å². The first-order chi connectivity index (χ1) is 7.46. The molecule has 1 aromatic rings. The third kappa shape index (κ3) is 3.62. The van der Waals surface area contributed by atoms with Crippen LogP contribution in [0.2, 0.25) is 0 Å². The molecule has 0 amide bonds. The highest BCUT2D eigenvalue weighted by atomic mass is 19.4. The summed E-state index contributed by atoms with van der Waals surface area (Å²) in [5.74, 6) is 0.0975. The van der Waals surface area contributed by atoms with Gasteiger partial charge in [0.1, 0.15) is 11.5 Å². The fourth-order valence-corrected chi connectivity index (χ4v) is 1.27. The molecule has 16 heavy (non-hydrogen) atoms. The Morgan fingerprint density at radius 2 is 2.00 bits per heavy atom. The van der Waals surface area contributed by atoms with Crippen LogP contribution in [0.1, 0.15) is 5.56 Å². The third-order valence-corrected chi connectivity index (χ3v) is 1.87. The Labute approximate surface area is 90.4 Å². The second-order valence-electron chi connectivity index (χ2n) is 3.00. The molecule has 0 aliphatic carbocycles. The Balaban J connectivity index is 2.93. The van der Waals surface area contributed by atoms with Crippen molar-refractivity contribution in [3.63, 3.8) is 0 Å². The van der Waals surface area contributed by atoms with Gasteiger partial charge in [-0.25, -0.2) is 0 Å². The lowest BCUT2D eigenvalue weighted by molar-refractivity contribution is -0.274. The molecule has 0 fully saturated rings. The van der Waals surface area contributed by atoms with Crippen molar-refractivity contribution in [1.29, 1.82) is 0 Å². The smallest absolute Gasteiger partial charge is 0.496 e. The highest BCUT2D eigenvalue weighted by Crippen LogP contribution is 2.28. The number of hydrogen-bond donors (Lipinski definition) is 1. The summed E-state index contributed by atoms with van der Waals surface area (Å²) in [6, 6.07) is 3.72. The Morgan fingerprint density at radius 3 is 2.50 bits per heavy atom. The van der Waals surface area contributed by atoms with Gasteiger partial charge in [0.15, 0.2) is 0 Å². The lowest BCUT2D eigenvalue weighted by Gasteiger charge is -2.12. The number of aliphatic hydroxyl groups is 1. The van der Waals surface area contributed by atoms with Gasteiger partial charge in [-0.1, -0.05) is 0 Å². The van der Waals surface area contributed by atoms with Gasteiger partial charge in [0.05, 0.1) is 7.11 Å². The van der Waals surface area contributed by atoms with Crippen molar-refractivity contribution < 1.29 is 27.8 Å². The van der Waals surface area contributed by atoms with E-state index in [1.807, 2.05) is 0 Å². The van der Waals surface area contributed by atoms with Crippen molar-refractivity contribution in [3.8, 4) is 11.5 Å². The molecule has 0 saturated heterocycles. The lowest BCUT2D eigenvalue weighted by atomic mass is 10.1. The zero-order valence-electron chi connectivity index (χ0n) is 8.54. The van der Waals surface area contributed by atoms with Crippen LogP contribution >= 0.6 is 0 Å². The molecule has 0 aliphatic heterocycles. The van der Waals surface area contributed by atoms with Crippen molar-refractivity contribution in [2.45, 2.75) is 12.8 Å². The van der Waals surface area contributed by atoms with E-state index in [4.69, 9.17) is 9.84 Å². The second-order valence-corrected chi connectivity index (χ2v) is 3.00. The maximum Gasteiger partial charge on any atom is 0.573 e. The van der Waals surface area contributed by atoms with Crippen molar-refractivity contribution in [2.75, 3.05) is 13.7 Å². The molecule has 0 heterocycles. The summed E-state index contributed by atoms with van der Waals surface area (Å²) in [4.78, 5) is 0. The van der Waals surface area contributed by atoms with Crippen LogP contribution in [0.15, 0.2) is 18.2 Å². The van der Waals surface area contributed by atoms with Gasteiger partial charge in [-0.2, -0.15) is 0 Å². The maximum atomic E-state index is 11.9. The lowest BCUT2D eigenvalue weighted by Crippen LogP contribution is -2.17. The fourth-order valence-electron chi connectivity index (χ4n) is 1.27. The molecule has 6 heteroatoms. The van der Waals surface area contributed by atoms with Crippen molar-refractivity contribution in [2.24, 2.45) is 0 Å². The topological polar surface area (TPSA) is 38.7 Å². The minimum absolute atomic E-state index is 0.175. The van der Waals surface area contributed by atoms with Gasteiger partial charge < -0.3 is 14.6 Å². The molecule has 1 N–H and O–H groups in total. The SMILES string of the molecule is COc1ccc(OC(F)(F)F)cc1CCO. The van der Waals surface area contributed by atoms with E-state index >= 15 is 0 Å². The summed E-state index contributed by atoms with van der Waals surface area (Å²) in [7, 11) is 1.40. The first-order valence-corrected chi connectivity index (χ1v) is 4.50. The first kappa shape index (κ1) is 12.6. The molecule has 0 radical (unpaired) electrons. The van der Waals surface area contributed by atoms with E-state index in [1.54, 1.807) is 0 Å². The Morgan fingerprint density at radius 1 is 1.31 bits per heavy atom. The molecule has 0 bridgehead atoms. The average Bonchev–Trinajstić information content (AvgIpc) is 2.16. The number of rotatable bonds is 4. The van der Waals surface area contributed by atoms with Gasteiger partial charge in [-0.05, 0) is 24.6 Å². The largest absolute Gasteiger partial charge is 0.573 e. The zero-order chi connectivity index (χ0) is 12.2. The summed E-state index contributed by atoms with van der Waals surface area (Å²) in [6.07, 6.45) is -4.51. The Kier molecular flexibility index (Phi) is 4.00. The minimum Gasteiger partial charge on any atom is -0.496 e. The molecule has 1 aromatic carbocycles. The van der Waals surface area contributed by atoms with Crippen LogP contribution in [0, 0.1) is 0 Å². The molecular weight excluding hydrogens is 225 g/mol. The summed E-state index contributed by atoms with van der Waals surface area (Å²) in [5, 5.41) is 8.74. The van der Waals surface area contributed by atoms with Crippen LogP contribution < -0.4 is 9.47 Å². The predicted octanol–water partition coefficient (Wildman–Crippen LogP) is 2.13. The average molecular weight is 236 g/mol. The van der Waals surface area contributed by atoms with E-state index in [0.29, 0.717) is 11.3 Å². The van der Waals surface area contributed by atoms with Gasteiger partial charge in [-0.15, -0.1) is 13.2 Å². The van der Waals surface area contributed by atoms with Gasteiger partial charge in [0.25, 0.3) is 0 Å². The molecule has 0 spiro atoms. The summed E-state index contributed by atoms with van der Waals surface area (Å²) >= 11 is 0. The van der Waals surface area contributed by atoms with Crippen LogP contribution in [0.25, 0.3) is 0 Å². The first-order valence-electron chi connectivity index (χ1n) is 4.50. The van der Waals surface area contributed by atoms with E-state index in [9.17, 15) is 13.2 Å². The number of halogens is 3. The number of aliphatic hydroxyl groups excluding tert-OH is 1. The molecule has 0 aliphatic rings. The Hall–Kier alpha value is -1.43. The van der Waals surface area contributed by atoms with E-state index in [2.05, 4.69) is 4.74 Å². The van der Waals surface area contributed by atoms with E-state index in [-0.39, 0.29) is 18.8 Å². The van der Waals surface area contributed by atoms with Crippen LogP contribution in [-0.4, -0.2) is 25.2 Å². The monoisotopic (exact) mass is 236 g/mol. The van der Waals surface area contributed by atoms with Crippen molar-refractivity contribution in [3.05, 3.63) is 23.8 Å². The number of hydrogen-bond acceptors (Lipinski definition) is 3. The zero-order valence-corrected chi connectivity index (χ0v) is 8.54. The summed E-state index contributed by atoms with van der Waals surface area (Å²) in [6.45, 7) is -0.175. The van der Waals surface area contributed by atoms with Crippen LogP contribution in [-0.2, 0) is 6.42 Å². The maximum absolute atomic E-state index is 11.9. The van der Waals surface area contributed by atoms with Gasteiger partial charge >= 0.3 is 6.36 Å². The quantitative estimate of drug-likeness (QED) is 0.870. The van der Waals surface area contributed by atoms with E-state index < -0.39 is 6.36 Å². The van der Waals surface area contributed by atoms with Crippen LogP contribution in [0.3, 0.4) is 0 Å². The van der Waals surface area contributed by atoms with Gasteiger partial charge in [0.2, 0.25) is 0 Å². The molecule has 0 unspecified atom stereocenters. The summed E-state index contributed by atoms with van der Waals surface area (Å²) in [5.41, 5.74) is 0.465. The minimum atomic E-state index is -4.72.